The summed E-state index contributed by atoms with van der Waals surface area (Å²) in [5, 5.41) is 5.05. The van der Waals surface area contributed by atoms with Crippen LogP contribution in [-0.4, -0.2) is 69.8 Å². The Labute approximate surface area is 226 Å². The maximum atomic E-state index is 12.9. The number of fused-ring (bicyclic) bond motifs is 1. The fraction of sp³-hybridized carbons (Fsp3) is 0.571. The Bertz CT molecular complexity index is 1340. The van der Waals surface area contributed by atoms with Crippen LogP contribution in [0.15, 0.2) is 35.3 Å². The summed E-state index contributed by atoms with van der Waals surface area (Å²) >= 11 is 0. The third-order valence-electron chi connectivity index (χ3n) is 8.10. The number of carbonyl (C=O) groups is 1. The van der Waals surface area contributed by atoms with Crippen molar-refractivity contribution >= 4 is 16.9 Å². The molecule has 3 aliphatic rings. The van der Waals surface area contributed by atoms with E-state index in [4.69, 9.17) is 19.3 Å². The number of rotatable bonds is 7. The van der Waals surface area contributed by atoms with Crippen molar-refractivity contribution in [2.75, 3.05) is 32.9 Å². The highest BCUT2D eigenvalue weighted by Gasteiger charge is 2.33. The number of aromatic amines is 1. The molecule has 0 saturated carbocycles. The first kappa shape index (κ1) is 26.1. The van der Waals surface area contributed by atoms with Gasteiger partial charge in [-0.3, -0.25) is 14.5 Å². The number of hydrogen-bond acceptors (Lipinski definition) is 8. The summed E-state index contributed by atoms with van der Waals surface area (Å²) in [5.41, 5.74) is 4.70. The van der Waals surface area contributed by atoms with Gasteiger partial charge < -0.3 is 14.5 Å². The minimum absolute atomic E-state index is 0.115. The number of hydrogen-bond donors (Lipinski definition) is 2. The predicted molar refractivity (Wildman–Crippen MR) is 143 cm³/mol. The SMILES string of the molecule is C[C@H]1CN(Cc2ccc(C(=O)NOC3CCCCO3)cc2)C[C@@H]1c1nc2c(cnn2C2CCOCC2)c(=O)[nH]1. The Morgan fingerprint density at radius 2 is 1.95 bits per heavy atom. The summed E-state index contributed by atoms with van der Waals surface area (Å²) < 4.78 is 12.9. The van der Waals surface area contributed by atoms with Crippen LogP contribution in [0.5, 0.6) is 0 Å². The van der Waals surface area contributed by atoms with Gasteiger partial charge in [0.15, 0.2) is 11.9 Å². The molecule has 0 radical (unpaired) electrons. The molecule has 2 N–H and O–H groups in total. The van der Waals surface area contributed by atoms with Gasteiger partial charge in [-0.2, -0.15) is 5.10 Å². The molecule has 11 heteroatoms. The number of benzene rings is 1. The fourth-order valence-electron chi connectivity index (χ4n) is 5.88. The Balaban J connectivity index is 1.10. The lowest BCUT2D eigenvalue weighted by Gasteiger charge is -2.23. The van der Waals surface area contributed by atoms with Gasteiger partial charge in [-0.25, -0.2) is 20.0 Å². The highest BCUT2D eigenvalue weighted by molar-refractivity contribution is 5.93. The van der Waals surface area contributed by atoms with Gasteiger partial charge in [0, 0.05) is 57.4 Å². The number of H-pyrrole nitrogens is 1. The summed E-state index contributed by atoms with van der Waals surface area (Å²) in [5.74, 6) is 0.889. The van der Waals surface area contributed by atoms with Crippen molar-refractivity contribution in [1.29, 1.82) is 0 Å². The first-order valence-corrected chi connectivity index (χ1v) is 14.0. The molecule has 0 aliphatic carbocycles. The second-order valence-electron chi connectivity index (χ2n) is 10.9. The molecular formula is C28H36N6O5. The monoisotopic (exact) mass is 536 g/mol. The number of nitrogens with one attached hydrogen (secondary N) is 2. The normalized spacial score (nSPS) is 24.8. The smallest absolute Gasteiger partial charge is 0.274 e. The third kappa shape index (κ3) is 5.76. The maximum Gasteiger partial charge on any atom is 0.274 e. The van der Waals surface area contributed by atoms with E-state index < -0.39 is 0 Å². The summed E-state index contributed by atoms with van der Waals surface area (Å²) in [7, 11) is 0. The molecule has 6 rings (SSSR count). The number of likely N-dealkylation sites (tertiary alicyclic amines) is 1. The fourth-order valence-corrected chi connectivity index (χ4v) is 5.88. The molecule has 39 heavy (non-hydrogen) atoms. The molecule has 5 heterocycles. The Morgan fingerprint density at radius 3 is 2.72 bits per heavy atom. The summed E-state index contributed by atoms with van der Waals surface area (Å²) in [6.45, 7) is 6.70. The van der Waals surface area contributed by atoms with Crippen LogP contribution in [0.4, 0.5) is 0 Å². The standard InChI is InChI=1S/C28H36N6O5/c1-18-15-33(16-19-5-7-20(8-6-19)27(35)32-39-24-4-2-3-11-38-24)17-23(18)25-30-26-22(28(36)31-25)14-29-34(26)21-9-12-37-13-10-21/h5-8,14,18,21,23-24H,2-4,9-13,15-17H2,1H3,(H,32,35)(H,30,31,36)/t18-,23-,24?/m0/s1. The molecule has 3 saturated heterocycles. The zero-order chi connectivity index (χ0) is 26.8. The van der Waals surface area contributed by atoms with Crippen LogP contribution in [0.2, 0.25) is 0 Å². The second-order valence-corrected chi connectivity index (χ2v) is 10.9. The number of nitrogens with zero attached hydrogens (tertiary/aromatic N) is 4. The minimum Gasteiger partial charge on any atom is -0.381 e. The topological polar surface area (TPSA) is 124 Å². The first-order valence-electron chi connectivity index (χ1n) is 14.0. The zero-order valence-corrected chi connectivity index (χ0v) is 22.3. The van der Waals surface area contributed by atoms with E-state index in [0.29, 0.717) is 42.3 Å². The molecule has 0 bridgehead atoms. The average molecular weight is 537 g/mol. The van der Waals surface area contributed by atoms with Crippen molar-refractivity contribution in [2.45, 2.75) is 63.8 Å². The molecule has 1 aromatic carbocycles. The van der Waals surface area contributed by atoms with Gasteiger partial charge in [-0.05, 0) is 49.3 Å². The van der Waals surface area contributed by atoms with Crippen LogP contribution < -0.4 is 11.0 Å². The Morgan fingerprint density at radius 1 is 1.13 bits per heavy atom. The first-order chi connectivity index (χ1) is 19.0. The van der Waals surface area contributed by atoms with Crippen molar-refractivity contribution in [2.24, 2.45) is 5.92 Å². The van der Waals surface area contributed by atoms with Gasteiger partial charge in [-0.15, -0.1) is 0 Å². The predicted octanol–water partition coefficient (Wildman–Crippen LogP) is 2.89. The van der Waals surface area contributed by atoms with E-state index in [-0.39, 0.29) is 29.7 Å². The number of ether oxygens (including phenoxy) is 2. The van der Waals surface area contributed by atoms with Crippen molar-refractivity contribution in [3.8, 4) is 0 Å². The summed E-state index contributed by atoms with van der Waals surface area (Å²) in [6, 6.07) is 7.78. The van der Waals surface area contributed by atoms with E-state index in [2.05, 4.69) is 27.4 Å². The number of amides is 1. The van der Waals surface area contributed by atoms with E-state index in [1.54, 1.807) is 6.20 Å². The van der Waals surface area contributed by atoms with Gasteiger partial charge in [0.05, 0.1) is 12.2 Å². The molecule has 1 unspecified atom stereocenters. The number of aromatic nitrogens is 4. The molecular weight excluding hydrogens is 500 g/mol. The molecule has 3 aromatic rings. The largest absolute Gasteiger partial charge is 0.381 e. The van der Waals surface area contributed by atoms with Crippen LogP contribution >= 0.6 is 0 Å². The van der Waals surface area contributed by atoms with Crippen LogP contribution in [0.25, 0.3) is 11.0 Å². The van der Waals surface area contributed by atoms with Crippen LogP contribution in [0.1, 0.15) is 72.7 Å². The lowest BCUT2D eigenvalue weighted by molar-refractivity contribution is -0.186. The molecule has 11 nitrogen and oxygen atoms in total. The summed E-state index contributed by atoms with van der Waals surface area (Å²) in [6.07, 6.45) is 5.84. The molecule has 3 fully saturated rings. The average Bonchev–Trinajstić information content (AvgIpc) is 3.56. The second kappa shape index (κ2) is 11.5. The van der Waals surface area contributed by atoms with Crippen molar-refractivity contribution in [3.63, 3.8) is 0 Å². The Hall–Kier alpha value is -3.12. The highest BCUT2D eigenvalue weighted by atomic mass is 16.8. The van der Waals surface area contributed by atoms with Gasteiger partial charge in [0.2, 0.25) is 0 Å². The quantitative estimate of drug-likeness (QED) is 0.442. The van der Waals surface area contributed by atoms with E-state index in [1.807, 2.05) is 28.9 Å². The van der Waals surface area contributed by atoms with Crippen molar-refractivity contribution < 1.29 is 19.1 Å². The molecule has 3 aliphatic heterocycles. The molecule has 2 aromatic heterocycles. The van der Waals surface area contributed by atoms with E-state index in [1.165, 1.54) is 0 Å². The Kier molecular flexibility index (Phi) is 7.73. The van der Waals surface area contributed by atoms with Crippen molar-refractivity contribution in [3.05, 3.63) is 57.8 Å². The highest BCUT2D eigenvalue weighted by Crippen LogP contribution is 2.32. The van der Waals surface area contributed by atoms with Gasteiger partial charge >= 0.3 is 0 Å². The molecule has 208 valence electrons. The van der Waals surface area contributed by atoms with E-state index in [0.717, 1.165) is 63.1 Å². The third-order valence-corrected chi connectivity index (χ3v) is 8.10. The lowest BCUT2D eigenvalue weighted by Crippen LogP contribution is -2.33. The van der Waals surface area contributed by atoms with E-state index in [9.17, 15) is 9.59 Å². The van der Waals surface area contributed by atoms with Crippen LogP contribution in [0.3, 0.4) is 0 Å². The van der Waals surface area contributed by atoms with Crippen LogP contribution in [-0.2, 0) is 20.9 Å². The van der Waals surface area contributed by atoms with Crippen molar-refractivity contribution in [1.82, 2.24) is 30.1 Å². The van der Waals surface area contributed by atoms with E-state index >= 15 is 0 Å². The van der Waals surface area contributed by atoms with Gasteiger partial charge in [-0.1, -0.05) is 19.1 Å². The molecule has 0 spiro atoms. The lowest BCUT2D eigenvalue weighted by atomic mass is 9.97. The summed E-state index contributed by atoms with van der Waals surface area (Å²) in [4.78, 5) is 41.1. The molecule has 1 amide bonds. The van der Waals surface area contributed by atoms with Crippen LogP contribution in [0, 0.1) is 5.92 Å². The zero-order valence-electron chi connectivity index (χ0n) is 22.3. The maximum absolute atomic E-state index is 12.9. The number of hydroxylamine groups is 1. The minimum atomic E-state index is -0.375. The van der Waals surface area contributed by atoms with Gasteiger partial charge in [0.1, 0.15) is 11.2 Å². The molecule has 3 atom stereocenters. The van der Waals surface area contributed by atoms with Gasteiger partial charge in [0.25, 0.3) is 11.5 Å². The number of carbonyl (C=O) groups excluding carboxylic acids is 1.